The zero-order valence-electron chi connectivity index (χ0n) is 9.74. The van der Waals surface area contributed by atoms with Gasteiger partial charge in [-0.2, -0.15) is 11.8 Å². The third-order valence-corrected chi connectivity index (χ3v) is 4.57. The largest absolute Gasteiger partial charge is 0.356 e. The van der Waals surface area contributed by atoms with E-state index in [1.165, 1.54) is 17.9 Å². The molecule has 0 amide bonds. The van der Waals surface area contributed by atoms with Gasteiger partial charge in [0.25, 0.3) is 0 Å². The number of aromatic nitrogens is 1. The quantitative estimate of drug-likeness (QED) is 0.774. The summed E-state index contributed by atoms with van der Waals surface area (Å²) in [6, 6.07) is 4.80. The van der Waals surface area contributed by atoms with Crippen LogP contribution in [0.1, 0.15) is 17.7 Å². The Hall–Kier alpha value is -0.410. The summed E-state index contributed by atoms with van der Waals surface area (Å²) in [6.07, 6.45) is 1.26. The Labute approximate surface area is 106 Å². The van der Waals surface area contributed by atoms with Gasteiger partial charge in [0, 0.05) is 30.4 Å². The van der Waals surface area contributed by atoms with Crippen LogP contribution in [-0.2, 0) is 5.88 Å². The number of aryl methyl sites for hydroxylation is 1. The molecule has 2 rings (SSSR count). The SMILES string of the molecule is Cc1nc(N(C)C2CCSC2)ccc1CCl. The van der Waals surface area contributed by atoms with Crippen molar-refractivity contribution in [2.24, 2.45) is 0 Å². The smallest absolute Gasteiger partial charge is 0.128 e. The average Bonchev–Trinajstić information content (AvgIpc) is 2.81. The van der Waals surface area contributed by atoms with Crippen molar-refractivity contribution in [2.45, 2.75) is 25.3 Å². The molecule has 1 aromatic heterocycles. The van der Waals surface area contributed by atoms with Crippen LogP contribution < -0.4 is 4.90 Å². The highest BCUT2D eigenvalue weighted by Gasteiger charge is 2.21. The molecule has 1 aliphatic rings. The monoisotopic (exact) mass is 256 g/mol. The van der Waals surface area contributed by atoms with Gasteiger partial charge in [0.15, 0.2) is 0 Å². The molecule has 1 fully saturated rings. The highest BCUT2D eigenvalue weighted by atomic mass is 35.5. The molecule has 0 spiro atoms. The number of hydrogen-bond donors (Lipinski definition) is 0. The minimum atomic E-state index is 0.544. The number of thioether (sulfide) groups is 1. The third kappa shape index (κ3) is 2.46. The first kappa shape index (κ1) is 12.1. The van der Waals surface area contributed by atoms with E-state index in [0.717, 1.165) is 17.1 Å². The number of nitrogens with zero attached hydrogens (tertiary/aromatic N) is 2. The number of rotatable bonds is 3. The van der Waals surface area contributed by atoms with Crippen LogP contribution >= 0.6 is 23.4 Å². The van der Waals surface area contributed by atoms with E-state index in [-0.39, 0.29) is 0 Å². The van der Waals surface area contributed by atoms with Crippen molar-refractivity contribution in [1.29, 1.82) is 0 Å². The van der Waals surface area contributed by atoms with Crippen molar-refractivity contribution in [3.8, 4) is 0 Å². The Morgan fingerprint density at radius 1 is 1.56 bits per heavy atom. The lowest BCUT2D eigenvalue weighted by atomic mass is 10.2. The van der Waals surface area contributed by atoms with Crippen molar-refractivity contribution in [1.82, 2.24) is 4.98 Å². The first-order chi connectivity index (χ1) is 7.72. The van der Waals surface area contributed by atoms with Gasteiger partial charge in [-0.25, -0.2) is 4.98 Å². The molecule has 16 heavy (non-hydrogen) atoms. The maximum atomic E-state index is 5.83. The molecule has 1 aliphatic heterocycles. The molecular formula is C12H17ClN2S. The maximum Gasteiger partial charge on any atom is 0.128 e. The molecular weight excluding hydrogens is 240 g/mol. The molecule has 0 saturated carbocycles. The topological polar surface area (TPSA) is 16.1 Å². The van der Waals surface area contributed by atoms with Crippen LogP contribution in [-0.4, -0.2) is 29.6 Å². The summed E-state index contributed by atoms with van der Waals surface area (Å²) in [4.78, 5) is 6.92. The van der Waals surface area contributed by atoms with Gasteiger partial charge in [-0.05, 0) is 30.7 Å². The van der Waals surface area contributed by atoms with Crippen molar-refractivity contribution in [3.05, 3.63) is 23.4 Å². The number of halogens is 1. The van der Waals surface area contributed by atoms with Gasteiger partial charge in [-0.1, -0.05) is 6.07 Å². The van der Waals surface area contributed by atoms with Crippen molar-refractivity contribution in [3.63, 3.8) is 0 Å². The number of pyridine rings is 1. The van der Waals surface area contributed by atoms with Gasteiger partial charge < -0.3 is 4.90 Å². The molecule has 0 bridgehead atoms. The van der Waals surface area contributed by atoms with Gasteiger partial charge in [0.05, 0.1) is 0 Å². The van der Waals surface area contributed by atoms with Gasteiger partial charge in [-0.15, -0.1) is 11.6 Å². The minimum Gasteiger partial charge on any atom is -0.356 e. The summed E-state index contributed by atoms with van der Waals surface area (Å²) in [5.74, 6) is 4.10. The van der Waals surface area contributed by atoms with Gasteiger partial charge in [0.1, 0.15) is 5.82 Å². The van der Waals surface area contributed by atoms with Crippen LogP contribution in [0.2, 0.25) is 0 Å². The van der Waals surface area contributed by atoms with E-state index in [0.29, 0.717) is 11.9 Å². The van der Waals surface area contributed by atoms with E-state index >= 15 is 0 Å². The van der Waals surface area contributed by atoms with Crippen LogP contribution in [0.25, 0.3) is 0 Å². The minimum absolute atomic E-state index is 0.544. The van der Waals surface area contributed by atoms with Gasteiger partial charge in [-0.3, -0.25) is 0 Å². The zero-order chi connectivity index (χ0) is 11.5. The fourth-order valence-corrected chi connectivity index (χ4v) is 3.48. The first-order valence-electron chi connectivity index (χ1n) is 5.55. The highest BCUT2D eigenvalue weighted by molar-refractivity contribution is 7.99. The van der Waals surface area contributed by atoms with E-state index < -0.39 is 0 Å². The zero-order valence-corrected chi connectivity index (χ0v) is 11.3. The molecule has 88 valence electrons. The molecule has 1 unspecified atom stereocenters. The van der Waals surface area contributed by atoms with Crippen LogP contribution in [0, 0.1) is 6.92 Å². The van der Waals surface area contributed by atoms with Crippen molar-refractivity contribution < 1.29 is 0 Å². The lowest BCUT2D eigenvalue weighted by Crippen LogP contribution is -2.32. The molecule has 1 aromatic rings. The molecule has 2 nitrogen and oxygen atoms in total. The number of alkyl halides is 1. The molecule has 2 heterocycles. The fraction of sp³-hybridized carbons (Fsp3) is 0.583. The van der Waals surface area contributed by atoms with Crippen LogP contribution in [0.15, 0.2) is 12.1 Å². The predicted octanol–water partition coefficient (Wildman–Crippen LogP) is 3.07. The summed E-state index contributed by atoms with van der Waals surface area (Å²) < 4.78 is 0. The average molecular weight is 257 g/mol. The van der Waals surface area contributed by atoms with Gasteiger partial charge in [0.2, 0.25) is 0 Å². The Morgan fingerprint density at radius 3 is 2.94 bits per heavy atom. The van der Waals surface area contributed by atoms with E-state index in [9.17, 15) is 0 Å². The standard InChI is InChI=1S/C12H17ClN2S/c1-9-10(7-13)3-4-12(14-9)15(2)11-5-6-16-8-11/h3-4,11H,5-8H2,1-2H3. The summed E-state index contributed by atoms with van der Waals surface area (Å²) in [6.45, 7) is 2.03. The maximum absolute atomic E-state index is 5.83. The Morgan fingerprint density at radius 2 is 2.38 bits per heavy atom. The van der Waals surface area contributed by atoms with Crippen LogP contribution in [0.5, 0.6) is 0 Å². The fourth-order valence-electron chi connectivity index (χ4n) is 1.93. The Bertz CT molecular complexity index is 364. The first-order valence-corrected chi connectivity index (χ1v) is 7.24. The van der Waals surface area contributed by atoms with Crippen LogP contribution in [0.4, 0.5) is 5.82 Å². The molecule has 0 aliphatic carbocycles. The van der Waals surface area contributed by atoms with E-state index in [1.54, 1.807) is 0 Å². The second kappa shape index (κ2) is 5.28. The highest BCUT2D eigenvalue weighted by Crippen LogP contribution is 2.25. The third-order valence-electron chi connectivity index (χ3n) is 3.14. The van der Waals surface area contributed by atoms with Crippen LogP contribution in [0.3, 0.4) is 0 Å². The molecule has 0 radical (unpaired) electrons. The summed E-state index contributed by atoms with van der Waals surface area (Å²) in [7, 11) is 2.14. The molecule has 0 N–H and O–H groups in total. The predicted molar refractivity (Wildman–Crippen MR) is 72.7 cm³/mol. The number of hydrogen-bond acceptors (Lipinski definition) is 3. The Balaban J connectivity index is 2.16. The lowest BCUT2D eigenvalue weighted by Gasteiger charge is -2.25. The second-order valence-corrected chi connectivity index (χ2v) is 5.59. The van der Waals surface area contributed by atoms with E-state index in [1.807, 2.05) is 18.7 Å². The summed E-state index contributed by atoms with van der Waals surface area (Å²) in [5, 5.41) is 0. The molecule has 0 aromatic carbocycles. The number of anilines is 1. The second-order valence-electron chi connectivity index (χ2n) is 4.18. The summed E-state index contributed by atoms with van der Waals surface area (Å²) in [5.41, 5.74) is 2.17. The van der Waals surface area contributed by atoms with Gasteiger partial charge >= 0.3 is 0 Å². The lowest BCUT2D eigenvalue weighted by molar-refractivity contribution is 0.690. The normalized spacial score (nSPS) is 20.1. The summed E-state index contributed by atoms with van der Waals surface area (Å²) >= 11 is 7.86. The molecule has 1 atom stereocenters. The molecule has 4 heteroatoms. The van der Waals surface area contributed by atoms with Crippen molar-refractivity contribution >= 4 is 29.2 Å². The van der Waals surface area contributed by atoms with Crippen molar-refractivity contribution in [2.75, 3.05) is 23.5 Å². The van der Waals surface area contributed by atoms with E-state index in [4.69, 9.17) is 11.6 Å². The van der Waals surface area contributed by atoms with E-state index in [2.05, 4.69) is 29.1 Å². The molecule has 1 saturated heterocycles. The Kier molecular flexibility index (Phi) is 3.98.